The maximum Gasteiger partial charge on any atom is 0.152 e. The molecule has 0 fully saturated rings. The Hall–Kier alpha value is -1.29. The van der Waals surface area contributed by atoms with Gasteiger partial charge in [-0.05, 0) is 25.0 Å². The Kier molecular flexibility index (Phi) is 5.05. The van der Waals surface area contributed by atoms with E-state index in [0.29, 0.717) is 18.3 Å². The molecule has 0 aliphatic carbocycles. The summed E-state index contributed by atoms with van der Waals surface area (Å²) in [5.74, 6) is 0.783. The van der Waals surface area contributed by atoms with E-state index in [9.17, 15) is 0 Å². The van der Waals surface area contributed by atoms with Gasteiger partial charge in [-0.1, -0.05) is 13.8 Å². The lowest BCUT2D eigenvalue weighted by atomic mass is 10.1. The molecular formula is C12H21N3O. The van der Waals surface area contributed by atoms with Gasteiger partial charge in [0, 0.05) is 18.8 Å². The number of nitrogen functional groups attached to an aromatic ring is 1. The second-order valence-corrected chi connectivity index (χ2v) is 3.80. The van der Waals surface area contributed by atoms with Gasteiger partial charge in [-0.25, -0.2) is 4.98 Å². The molecule has 16 heavy (non-hydrogen) atoms. The van der Waals surface area contributed by atoms with Crippen LogP contribution in [0.3, 0.4) is 0 Å². The molecule has 0 aliphatic heterocycles. The molecule has 0 radical (unpaired) electrons. The summed E-state index contributed by atoms with van der Waals surface area (Å²) in [6, 6.07) is 4.04. The van der Waals surface area contributed by atoms with Crippen LogP contribution in [-0.2, 0) is 0 Å². The number of nitrogens with zero attached hydrogens (tertiary/aromatic N) is 2. The first-order valence-electron chi connectivity index (χ1n) is 5.82. The van der Waals surface area contributed by atoms with Crippen molar-refractivity contribution in [2.45, 2.75) is 32.7 Å². The lowest BCUT2D eigenvalue weighted by molar-refractivity contribution is 0.295. The Bertz CT molecular complexity index is 313. The fourth-order valence-electron chi connectivity index (χ4n) is 1.95. The normalized spacial score (nSPS) is 10.8. The molecule has 0 aromatic carbocycles. The van der Waals surface area contributed by atoms with Crippen LogP contribution in [0.25, 0.3) is 0 Å². The van der Waals surface area contributed by atoms with E-state index < -0.39 is 0 Å². The molecule has 1 rings (SSSR count). The summed E-state index contributed by atoms with van der Waals surface area (Å²) < 4.78 is 0. The molecule has 0 amide bonds. The number of pyridine rings is 1. The molecule has 90 valence electrons. The van der Waals surface area contributed by atoms with E-state index in [1.807, 2.05) is 12.1 Å². The number of anilines is 2. The number of hydrogen-bond acceptors (Lipinski definition) is 4. The highest BCUT2D eigenvalue weighted by Gasteiger charge is 2.17. The maximum atomic E-state index is 9.12. The van der Waals surface area contributed by atoms with E-state index in [1.165, 1.54) is 0 Å². The molecule has 0 spiro atoms. The van der Waals surface area contributed by atoms with E-state index in [0.717, 1.165) is 18.7 Å². The Morgan fingerprint density at radius 3 is 2.62 bits per heavy atom. The first-order valence-corrected chi connectivity index (χ1v) is 5.82. The standard InChI is InChI=1S/C12H21N3O/c1-3-10(4-2)15(8-9-16)12-11(13)6-5-7-14-12/h5-7,10,16H,3-4,8-9,13H2,1-2H3. The largest absolute Gasteiger partial charge is 0.396 e. The monoisotopic (exact) mass is 223 g/mol. The SMILES string of the molecule is CCC(CC)N(CCO)c1ncccc1N. The van der Waals surface area contributed by atoms with Crippen molar-refractivity contribution in [1.82, 2.24) is 4.98 Å². The van der Waals surface area contributed by atoms with E-state index in [4.69, 9.17) is 10.8 Å². The molecule has 0 saturated carbocycles. The Morgan fingerprint density at radius 2 is 2.12 bits per heavy atom. The number of aliphatic hydroxyl groups excluding tert-OH is 1. The van der Waals surface area contributed by atoms with Crippen LogP contribution in [0.2, 0.25) is 0 Å². The predicted molar refractivity (Wildman–Crippen MR) is 67.5 cm³/mol. The van der Waals surface area contributed by atoms with E-state index in [-0.39, 0.29) is 6.61 Å². The zero-order valence-corrected chi connectivity index (χ0v) is 10.1. The average molecular weight is 223 g/mol. The Morgan fingerprint density at radius 1 is 1.44 bits per heavy atom. The van der Waals surface area contributed by atoms with Crippen LogP contribution in [0.1, 0.15) is 26.7 Å². The van der Waals surface area contributed by atoms with Gasteiger partial charge in [-0.2, -0.15) is 0 Å². The third-order valence-corrected chi connectivity index (χ3v) is 2.81. The fourth-order valence-corrected chi connectivity index (χ4v) is 1.95. The highest BCUT2D eigenvalue weighted by atomic mass is 16.3. The van der Waals surface area contributed by atoms with Gasteiger partial charge >= 0.3 is 0 Å². The molecule has 1 aromatic heterocycles. The number of hydrogen-bond donors (Lipinski definition) is 2. The Balaban J connectivity index is 2.97. The minimum Gasteiger partial charge on any atom is -0.396 e. The van der Waals surface area contributed by atoms with Gasteiger partial charge in [0.1, 0.15) is 0 Å². The fraction of sp³-hybridized carbons (Fsp3) is 0.583. The highest BCUT2D eigenvalue weighted by Crippen LogP contribution is 2.23. The van der Waals surface area contributed by atoms with E-state index in [1.54, 1.807) is 6.20 Å². The molecular weight excluding hydrogens is 202 g/mol. The first-order chi connectivity index (χ1) is 7.74. The van der Waals surface area contributed by atoms with Crippen LogP contribution in [0, 0.1) is 0 Å². The van der Waals surface area contributed by atoms with Gasteiger partial charge in [-0.3, -0.25) is 0 Å². The van der Waals surface area contributed by atoms with Crippen LogP contribution in [-0.4, -0.2) is 29.3 Å². The van der Waals surface area contributed by atoms with Crippen molar-refractivity contribution >= 4 is 11.5 Å². The second-order valence-electron chi connectivity index (χ2n) is 3.80. The molecule has 4 nitrogen and oxygen atoms in total. The molecule has 1 aromatic rings. The van der Waals surface area contributed by atoms with Gasteiger partial charge in [0.05, 0.1) is 12.3 Å². The third kappa shape index (κ3) is 2.85. The maximum absolute atomic E-state index is 9.12. The minimum atomic E-state index is 0.118. The third-order valence-electron chi connectivity index (χ3n) is 2.81. The van der Waals surface area contributed by atoms with Gasteiger partial charge in [0.2, 0.25) is 0 Å². The van der Waals surface area contributed by atoms with Gasteiger partial charge in [0.25, 0.3) is 0 Å². The van der Waals surface area contributed by atoms with E-state index in [2.05, 4.69) is 23.7 Å². The number of rotatable bonds is 6. The van der Waals surface area contributed by atoms with E-state index >= 15 is 0 Å². The van der Waals surface area contributed by atoms with Gasteiger partial charge in [-0.15, -0.1) is 0 Å². The van der Waals surface area contributed by atoms with Crippen molar-refractivity contribution in [3.63, 3.8) is 0 Å². The summed E-state index contributed by atoms with van der Waals surface area (Å²) in [6.45, 7) is 4.97. The smallest absolute Gasteiger partial charge is 0.152 e. The van der Waals surface area contributed by atoms with Crippen molar-refractivity contribution in [1.29, 1.82) is 0 Å². The zero-order chi connectivity index (χ0) is 12.0. The number of nitrogens with two attached hydrogens (primary N) is 1. The molecule has 0 atom stereocenters. The van der Waals surface area contributed by atoms with Crippen molar-refractivity contribution in [2.24, 2.45) is 0 Å². The molecule has 4 heteroatoms. The van der Waals surface area contributed by atoms with Crippen molar-refractivity contribution in [3.05, 3.63) is 18.3 Å². The summed E-state index contributed by atoms with van der Waals surface area (Å²) in [5.41, 5.74) is 6.58. The average Bonchev–Trinajstić information content (AvgIpc) is 2.30. The van der Waals surface area contributed by atoms with Crippen molar-refractivity contribution in [2.75, 3.05) is 23.8 Å². The zero-order valence-electron chi connectivity index (χ0n) is 10.1. The van der Waals surface area contributed by atoms with Crippen LogP contribution in [0.4, 0.5) is 11.5 Å². The van der Waals surface area contributed by atoms with Crippen LogP contribution < -0.4 is 10.6 Å². The van der Waals surface area contributed by atoms with Gasteiger partial charge < -0.3 is 15.7 Å². The predicted octanol–water partition coefficient (Wildman–Crippen LogP) is 1.65. The summed E-state index contributed by atoms with van der Waals surface area (Å²) >= 11 is 0. The van der Waals surface area contributed by atoms with Gasteiger partial charge in [0.15, 0.2) is 5.82 Å². The summed E-state index contributed by atoms with van der Waals surface area (Å²) in [7, 11) is 0. The summed E-state index contributed by atoms with van der Waals surface area (Å²) in [6.07, 6.45) is 3.78. The Labute approximate surface area is 97.1 Å². The summed E-state index contributed by atoms with van der Waals surface area (Å²) in [4.78, 5) is 6.40. The number of aliphatic hydroxyl groups is 1. The molecule has 3 N–H and O–H groups in total. The molecule has 1 heterocycles. The lowest BCUT2D eigenvalue weighted by Gasteiger charge is -2.31. The second kappa shape index (κ2) is 6.33. The molecule has 0 unspecified atom stereocenters. The lowest BCUT2D eigenvalue weighted by Crippen LogP contribution is -2.37. The van der Waals surface area contributed by atoms with Crippen LogP contribution in [0.15, 0.2) is 18.3 Å². The topological polar surface area (TPSA) is 62.4 Å². The summed E-state index contributed by atoms with van der Waals surface area (Å²) in [5, 5.41) is 9.12. The first kappa shape index (κ1) is 12.8. The van der Waals surface area contributed by atoms with Crippen molar-refractivity contribution < 1.29 is 5.11 Å². The molecule has 0 bridgehead atoms. The minimum absolute atomic E-state index is 0.118. The molecule has 0 saturated heterocycles. The van der Waals surface area contributed by atoms with Crippen LogP contribution >= 0.6 is 0 Å². The quantitative estimate of drug-likeness (QED) is 0.769. The van der Waals surface area contributed by atoms with Crippen molar-refractivity contribution in [3.8, 4) is 0 Å². The highest BCUT2D eigenvalue weighted by molar-refractivity contribution is 5.62. The van der Waals surface area contributed by atoms with Crippen LogP contribution in [0.5, 0.6) is 0 Å². The number of aromatic nitrogens is 1. The molecule has 0 aliphatic rings.